The minimum atomic E-state index is -2.75. The van der Waals surface area contributed by atoms with Crippen molar-refractivity contribution in [1.82, 2.24) is 4.90 Å². The summed E-state index contributed by atoms with van der Waals surface area (Å²) in [6.45, 7) is 4.81. The van der Waals surface area contributed by atoms with Gasteiger partial charge in [0.1, 0.15) is 11.4 Å². The van der Waals surface area contributed by atoms with E-state index in [9.17, 15) is 18.0 Å². The number of fused-ring (bicyclic) bond motifs is 1. The second-order valence-corrected chi connectivity index (χ2v) is 5.98. The van der Waals surface area contributed by atoms with Crippen molar-refractivity contribution < 1.29 is 18.0 Å². The zero-order valence-electron chi connectivity index (χ0n) is 13.6. The molecule has 1 aliphatic heterocycles. The fourth-order valence-corrected chi connectivity index (χ4v) is 3.46. The Labute approximate surface area is 143 Å². The Kier molecular flexibility index (Phi) is 4.29. The van der Waals surface area contributed by atoms with E-state index in [1.165, 1.54) is 18.2 Å². The number of alkyl halides is 2. The molecule has 1 aliphatic rings. The second kappa shape index (κ2) is 6.27. The number of carbonyl (C=O) groups excluding carboxylic acids is 1. The molecule has 2 aromatic carbocycles. The molecule has 0 saturated carbocycles. The number of hydrogen-bond donors (Lipinski definition) is 1. The highest BCUT2D eigenvalue weighted by Gasteiger charge is 2.49. The maximum Gasteiger partial charge on any atom is 0.323 e. The van der Waals surface area contributed by atoms with Crippen molar-refractivity contribution in [2.45, 2.75) is 18.9 Å². The minimum Gasteiger partial charge on any atom is -0.307 e. The molecule has 0 aromatic heterocycles. The topological polar surface area (TPSA) is 32.3 Å². The van der Waals surface area contributed by atoms with Crippen LogP contribution in [0.3, 0.4) is 0 Å². The molecule has 1 heterocycles. The lowest BCUT2D eigenvalue weighted by Crippen LogP contribution is -2.57. The first kappa shape index (κ1) is 17.1. The summed E-state index contributed by atoms with van der Waals surface area (Å²) in [6.07, 6.45) is -2.75. The first-order chi connectivity index (χ1) is 11.9. The van der Waals surface area contributed by atoms with Gasteiger partial charge in [-0.3, -0.25) is 0 Å². The van der Waals surface area contributed by atoms with Crippen LogP contribution in [0.1, 0.15) is 18.1 Å². The summed E-state index contributed by atoms with van der Waals surface area (Å²) in [5.74, 6) is -0.520. The van der Waals surface area contributed by atoms with Crippen molar-refractivity contribution in [2.75, 3.05) is 11.9 Å². The van der Waals surface area contributed by atoms with Crippen molar-refractivity contribution in [3.05, 3.63) is 77.6 Å². The van der Waals surface area contributed by atoms with E-state index >= 15 is 0 Å². The molecular formula is C19H17F3N2O. The highest BCUT2D eigenvalue weighted by Crippen LogP contribution is 2.47. The number of anilines is 1. The SMILES string of the molecule is C=C(C)C1(c2ccccc2)c2cc(F)ccc2NC(=O)N1CC(F)F. The van der Waals surface area contributed by atoms with Crippen LogP contribution >= 0.6 is 0 Å². The van der Waals surface area contributed by atoms with Gasteiger partial charge < -0.3 is 10.2 Å². The third kappa shape index (κ3) is 2.67. The number of nitrogens with zero attached hydrogens (tertiary/aromatic N) is 1. The summed E-state index contributed by atoms with van der Waals surface area (Å²) in [4.78, 5) is 13.6. The molecule has 1 atom stereocenters. The Bertz CT molecular complexity index is 823. The predicted octanol–water partition coefficient (Wildman–Crippen LogP) is 4.76. The smallest absolute Gasteiger partial charge is 0.307 e. The second-order valence-electron chi connectivity index (χ2n) is 5.98. The summed E-state index contributed by atoms with van der Waals surface area (Å²) in [5, 5.41) is 2.57. The third-order valence-corrected chi connectivity index (χ3v) is 4.39. The van der Waals surface area contributed by atoms with E-state index in [0.717, 1.165) is 4.90 Å². The summed E-state index contributed by atoms with van der Waals surface area (Å²) in [6, 6.07) is 11.9. The molecule has 130 valence electrons. The number of hydrogen-bond acceptors (Lipinski definition) is 1. The standard InChI is InChI=1S/C19H17F3N2O/c1-12(2)19(13-6-4-3-5-7-13)15-10-14(20)8-9-16(15)23-18(25)24(19)11-17(21)22/h3-10,17H,1,11H2,2H3,(H,23,25). The van der Waals surface area contributed by atoms with Crippen molar-refractivity contribution in [3.63, 3.8) is 0 Å². The molecule has 0 radical (unpaired) electrons. The molecule has 2 aromatic rings. The number of amides is 2. The molecule has 0 saturated heterocycles. The normalized spacial score (nSPS) is 19.6. The number of rotatable bonds is 4. The van der Waals surface area contributed by atoms with Gasteiger partial charge in [0.25, 0.3) is 6.43 Å². The van der Waals surface area contributed by atoms with Crippen LogP contribution < -0.4 is 5.32 Å². The van der Waals surface area contributed by atoms with E-state index in [0.29, 0.717) is 22.4 Å². The van der Waals surface area contributed by atoms with Gasteiger partial charge in [0, 0.05) is 11.3 Å². The largest absolute Gasteiger partial charge is 0.323 e. The maximum atomic E-state index is 14.0. The average molecular weight is 346 g/mol. The lowest BCUT2D eigenvalue weighted by Gasteiger charge is -2.49. The van der Waals surface area contributed by atoms with Crippen LogP contribution in [0, 0.1) is 5.82 Å². The molecule has 3 nitrogen and oxygen atoms in total. The van der Waals surface area contributed by atoms with Gasteiger partial charge in [-0.2, -0.15) is 0 Å². The summed E-state index contributed by atoms with van der Waals surface area (Å²) in [5.41, 5.74) is 0.401. The molecular weight excluding hydrogens is 329 g/mol. The Morgan fingerprint density at radius 3 is 2.52 bits per heavy atom. The number of halogens is 3. The van der Waals surface area contributed by atoms with Crippen molar-refractivity contribution in [1.29, 1.82) is 0 Å². The Morgan fingerprint density at radius 2 is 1.92 bits per heavy atom. The molecule has 1 unspecified atom stereocenters. The van der Waals surface area contributed by atoms with E-state index in [1.807, 2.05) is 0 Å². The van der Waals surface area contributed by atoms with Crippen LogP contribution in [0.15, 0.2) is 60.7 Å². The van der Waals surface area contributed by atoms with E-state index in [4.69, 9.17) is 0 Å². The molecule has 0 bridgehead atoms. The van der Waals surface area contributed by atoms with Crippen LogP contribution in [0.4, 0.5) is 23.7 Å². The van der Waals surface area contributed by atoms with Crippen molar-refractivity contribution in [2.24, 2.45) is 0 Å². The molecule has 6 heteroatoms. The zero-order valence-corrected chi connectivity index (χ0v) is 13.6. The van der Waals surface area contributed by atoms with Crippen LogP contribution in [0.2, 0.25) is 0 Å². The Hall–Kier alpha value is -2.76. The quantitative estimate of drug-likeness (QED) is 0.796. The van der Waals surface area contributed by atoms with Gasteiger partial charge in [-0.05, 0) is 36.3 Å². The third-order valence-electron chi connectivity index (χ3n) is 4.39. The van der Waals surface area contributed by atoms with E-state index < -0.39 is 30.4 Å². The lowest BCUT2D eigenvalue weighted by molar-refractivity contribution is 0.0703. The maximum absolute atomic E-state index is 14.0. The minimum absolute atomic E-state index is 0.378. The summed E-state index contributed by atoms with van der Waals surface area (Å²) >= 11 is 0. The fraction of sp³-hybridized carbons (Fsp3) is 0.211. The molecule has 0 fully saturated rings. The first-order valence-electron chi connectivity index (χ1n) is 7.75. The number of nitrogens with one attached hydrogen (secondary N) is 1. The summed E-state index contributed by atoms with van der Waals surface area (Å²) in [7, 11) is 0. The van der Waals surface area contributed by atoms with E-state index in [2.05, 4.69) is 11.9 Å². The molecule has 25 heavy (non-hydrogen) atoms. The number of carbonyl (C=O) groups is 1. The van der Waals surface area contributed by atoms with Gasteiger partial charge in [-0.15, -0.1) is 0 Å². The van der Waals surface area contributed by atoms with Gasteiger partial charge in [0.2, 0.25) is 0 Å². The summed E-state index contributed by atoms with van der Waals surface area (Å²) < 4.78 is 40.5. The first-order valence-corrected chi connectivity index (χ1v) is 7.75. The number of benzene rings is 2. The van der Waals surface area contributed by atoms with Gasteiger partial charge in [0.15, 0.2) is 0 Å². The van der Waals surface area contributed by atoms with Gasteiger partial charge >= 0.3 is 6.03 Å². The van der Waals surface area contributed by atoms with Gasteiger partial charge in [-0.25, -0.2) is 18.0 Å². The Balaban J connectivity index is 2.37. The van der Waals surface area contributed by atoms with Crippen LogP contribution in [0.5, 0.6) is 0 Å². The van der Waals surface area contributed by atoms with E-state index in [1.54, 1.807) is 37.3 Å². The molecule has 1 N–H and O–H groups in total. The molecule has 0 aliphatic carbocycles. The monoisotopic (exact) mass is 346 g/mol. The van der Waals surface area contributed by atoms with E-state index in [-0.39, 0.29) is 0 Å². The molecule has 0 spiro atoms. The van der Waals surface area contributed by atoms with Crippen LogP contribution in [-0.2, 0) is 5.54 Å². The number of urea groups is 1. The highest BCUT2D eigenvalue weighted by atomic mass is 19.3. The fourth-order valence-electron chi connectivity index (χ4n) is 3.46. The lowest BCUT2D eigenvalue weighted by atomic mass is 9.74. The Morgan fingerprint density at radius 1 is 1.24 bits per heavy atom. The van der Waals surface area contributed by atoms with Crippen molar-refractivity contribution >= 4 is 11.7 Å². The highest BCUT2D eigenvalue weighted by molar-refractivity contribution is 5.95. The predicted molar refractivity (Wildman–Crippen MR) is 90.2 cm³/mol. The molecule has 3 rings (SSSR count). The van der Waals surface area contributed by atoms with Crippen molar-refractivity contribution in [3.8, 4) is 0 Å². The molecule has 2 amide bonds. The average Bonchev–Trinajstić information content (AvgIpc) is 2.56. The van der Waals surface area contributed by atoms with Gasteiger partial charge in [-0.1, -0.05) is 36.9 Å². The van der Waals surface area contributed by atoms with Crippen LogP contribution in [0.25, 0.3) is 0 Å². The van der Waals surface area contributed by atoms with Gasteiger partial charge in [0.05, 0.1) is 6.54 Å². The zero-order chi connectivity index (χ0) is 18.2. The van der Waals surface area contributed by atoms with Crippen LogP contribution in [-0.4, -0.2) is 23.9 Å².